The lowest BCUT2D eigenvalue weighted by Gasteiger charge is -2.09. The van der Waals surface area contributed by atoms with E-state index in [0.29, 0.717) is 22.9 Å². The number of carbonyl (C=O) groups excluding carboxylic acids is 1. The number of ether oxygens (including phenoxy) is 1. The fraction of sp³-hybridized carbons (Fsp3) is 0.214. The number of rotatable bonds is 5. The molecule has 1 aromatic carbocycles. The maximum absolute atomic E-state index is 12.1. The summed E-state index contributed by atoms with van der Waals surface area (Å²) in [6, 6.07) is 9.05. The number of thiophene rings is 1. The highest BCUT2D eigenvalue weighted by molar-refractivity contribution is 7.09. The highest BCUT2D eigenvalue weighted by Crippen LogP contribution is 2.22. The molecule has 2 aromatic rings. The van der Waals surface area contributed by atoms with Crippen molar-refractivity contribution in [2.24, 2.45) is 0 Å². The van der Waals surface area contributed by atoms with Gasteiger partial charge in [0.1, 0.15) is 5.75 Å². The second-order valence-electron chi connectivity index (χ2n) is 3.93. The molecule has 0 atom stereocenters. The van der Waals surface area contributed by atoms with Crippen LogP contribution >= 0.6 is 22.9 Å². The Bertz CT molecular complexity index is 555. The Hall–Kier alpha value is -1.52. The van der Waals surface area contributed by atoms with Gasteiger partial charge in [0.15, 0.2) is 0 Å². The first-order valence-electron chi connectivity index (χ1n) is 5.85. The van der Waals surface area contributed by atoms with E-state index in [-0.39, 0.29) is 5.91 Å². The van der Waals surface area contributed by atoms with Gasteiger partial charge in [-0.2, -0.15) is 0 Å². The summed E-state index contributed by atoms with van der Waals surface area (Å²) < 4.78 is 5.16. The van der Waals surface area contributed by atoms with Gasteiger partial charge in [0.05, 0.1) is 12.7 Å². The lowest BCUT2D eigenvalue weighted by Crippen LogP contribution is -2.26. The molecule has 0 fully saturated rings. The summed E-state index contributed by atoms with van der Waals surface area (Å²) in [5.41, 5.74) is 0.459. The molecule has 0 saturated carbocycles. The first kappa shape index (κ1) is 13.9. The summed E-state index contributed by atoms with van der Waals surface area (Å²) in [5, 5.41) is 5.41. The molecule has 0 bridgehead atoms. The van der Waals surface area contributed by atoms with E-state index < -0.39 is 0 Å². The van der Waals surface area contributed by atoms with Gasteiger partial charge in [-0.15, -0.1) is 11.3 Å². The molecule has 0 aliphatic carbocycles. The van der Waals surface area contributed by atoms with Crippen LogP contribution in [-0.2, 0) is 6.42 Å². The second-order valence-corrected chi connectivity index (χ2v) is 5.40. The third-order valence-electron chi connectivity index (χ3n) is 2.64. The Balaban J connectivity index is 1.97. The number of benzene rings is 1. The molecule has 0 unspecified atom stereocenters. The third-order valence-corrected chi connectivity index (χ3v) is 3.81. The summed E-state index contributed by atoms with van der Waals surface area (Å²) in [5.74, 6) is 0.355. The predicted octanol–water partition coefficient (Wildman–Crippen LogP) is 3.38. The maximum atomic E-state index is 12.1. The number of carbonyl (C=O) groups is 1. The van der Waals surface area contributed by atoms with Crippen LogP contribution < -0.4 is 10.1 Å². The van der Waals surface area contributed by atoms with E-state index in [9.17, 15) is 4.79 Å². The minimum atomic E-state index is -0.170. The van der Waals surface area contributed by atoms with Crippen molar-refractivity contribution in [3.05, 3.63) is 51.2 Å². The van der Waals surface area contributed by atoms with Crippen molar-refractivity contribution in [2.45, 2.75) is 6.42 Å². The Kier molecular flexibility index (Phi) is 4.82. The summed E-state index contributed by atoms with van der Waals surface area (Å²) in [6.45, 7) is 0.592. The molecule has 0 aliphatic heterocycles. The summed E-state index contributed by atoms with van der Waals surface area (Å²) in [7, 11) is 1.53. The Morgan fingerprint density at radius 3 is 2.95 bits per heavy atom. The fourth-order valence-corrected chi connectivity index (χ4v) is 2.59. The minimum Gasteiger partial charge on any atom is -0.496 e. The number of amides is 1. The molecule has 0 aliphatic rings. The summed E-state index contributed by atoms with van der Waals surface area (Å²) in [6.07, 6.45) is 0.826. The molecule has 2 rings (SSSR count). The first-order valence-corrected chi connectivity index (χ1v) is 7.10. The molecule has 1 aromatic heterocycles. The zero-order chi connectivity index (χ0) is 13.7. The molecule has 0 radical (unpaired) electrons. The first-order chi connectivity index (χ1) is 9.20. The van der Waals surface area contributed by atoms with E-state index >= 15 is 0 Å². The predicted molar refractivity (Wildman–Crippen MR) is 78.4 cm³/mol. The van der Waals surface area contributed by atoms with E-state index in [1.807, 2.05) is 11.4 Å². The van der Waals surface area contributed by atoms with Crippen molar-refractivity contribution in [1.29, 1.82) is 0 Å². The van der Waals surface area contributed by atoms with Gasteiger partial charge in [0.2, 0.25) is 0 Å². The minimum absolute atomic E-state index is 0.170. The lowest BCUT2D eigenvalue weighted by molar-refractivity contribution is 0.0951. The van der Waals surface area contributed by atoms with Crippen molar-refractivity contribution in [3.63, 3.8) is 0 Å². The molecule has 100 valence electrons. The number of methoxy groups -OCH3 is 1. The maximum Gasteiger partial charge on any atom is 0.255 e. The second kappa shape index (κ2) is 6.59. The molecule has 3 nitrogen and oxygen atoms in total. The van der Waals surface area contributed by atoms with Crippen molar-refractivity contribution in [1.82, 2.24) is 5.32 Å². The number of hydrogen-bond acceptors (Lipinski definition) is 3. The van der Waals surface area contributed by atoms with Gasteiger partial charge in [-0.05, 0) is 36.1 Å². The zero-order valence-electron chi connectivity index (χ0n) is 10.5. The smallest absolute Gasteiger partial charge is 0.255 e. The van der Waals surface area contributed by atoms with Crippen LogP contribution in [0.5, 0.6) is 5.75 Å². The molecule has 0 saturated heterocycles. The van der Waals surface area contributed by atoms with Crippen molar-refractivity contribution < 1.29 is 9.53 Å². The quantitative estimate of drug-likeness (QED) is 0.918. The molecule has 1 amide bonds. The normalized spacial score (nSPS) is 10.2. The Morgan fingerprint density at radius 1 is 1.42 bits per heavy atom. The van der Waals surface area contributed by atoms with Gasteiger partial charge < -0.3 is 10.1 Å². The van der Waals surface area contributed by atoms with E-state index in [1.54, 1.807) is 29.5 Å². The lowest BCUT2D eigenvalue weighted by atomic mass is 10.2. The van der Waals surface area contributed by atoms with Gasteiger partial charge in [0.25, 0.3) is 5.91 Å². The molecule has 19 heavy (non-hydrogen) atoms. The van der Waals surface area contributed by atoms with Crippen LogP contribution in [0.4, 0.5) is 0 Å². The average Bonchev–Trinajstić information content (AvgIpc) is 2.91. The van der Waals surface area contributed by atoms with E-state index in [0.717, 1.165) is 6.42 Å². The van der Waals surface area contributed by atoms with E-state index in [1.165, 1.54) is 12.0 Å². The van der Waals surface area contributed by atoms with Crippen LogP contribution in [0.15, 0.2) is 35.7 Å². The monoisotopic (exact) mass is 295 g/mol. The van der Waals surface area contributed by atoms with Gasteiger partial charge >= 0.3 is 0 Å². The fourth-order valence-electron chi connectivity index (χ4n) is 1.71. The molecule has 1 N–H and O–H groups in total. The summed E-state index contributed by atoms with van der Waals surface area (Å²) in [4.78, 5) is 13.3. The standard InChI is InChI=1S/C14H14ClNO2S/c1-18-13-5-4-10(15)9-12(13)14(17)16-7-6-11-3-2-8-19-11/h2-5,8-9H,6-7H2,1H3,(H,16,17). The van der Waals surface area contributed by atoms with Crippen molar-refractivity contribution in [2.75, 3.05) is 13.7 Å². The van der Waals surface area contributed by atoms with Gasteiger partial charge in [-0.25, -0.2) is 0 Å². The van der Waals surface area contributed by atoms with Crippen LogP contribution in [0.2, 0.25) is 5.02 Å². The highest BCUT2D eigenvalue weighted by atomic mass is 35.5. The Labute approximate surface area is 121 Å². The molecular formula is C14H14ClNO2S. The van der Waals surface area contributed by atoms with Crippen molar-refractivity contribution >= 4 is 28.8 Å². The molecule has 0 spiro atoms. The largest absolute Gasteiger partial charge is 0.496 e. The molecule has 5 heteroatoms. The van der Waals surface area contributed by atoms with E-state index in [4.69, 9.17) is 16.3 Å². The topological polar surface area (TPSA) is 38.3 Å². The highest BCUT2D eigenvalue weighted by Gasteiger charge is 2.12. The zero-order valence-corrected chi connectivity index (χ0v) is 12.1. The van der Waals surface area contributed by atoms with Crippen LogP contribution in [0.1, 0.15) is 15.2 Å². The number of halogens is 1. The van der Waals surface area contributed by atoms with Crippen LogP contribution in [-0.4, -0.2) is 19.6 Å². The van der Waals surface area contributed by atoms with Crippen LogP contribution in [0, 0.1) is 0 Å². The SMILES string of the molecule is COc1ccc(Cl)cc1C(=O)NCCc1cccs1. The average molecular weight is 296 g/mol. The van der Waals surface area contributed by atoms with Gasteiger partial charge in [-0.3, -0.25) is 4.79 Å². The van der Waals surface area contributed by atoms with Crippen LogP contribution in [0.3, 0.4) is 0 Å². The number of hydrogen-bond donors (Lipinski definition) is 1. The molecule has 1 heterocycles. The summed E-state index contributed by atoms with van der Waals surface area (Å²) >= 11 is 7.58. The Morgan fingerprint density at radius 2 is 2.26 bits per heavy atom. The molecular weight excluding hydrogens is 282 g/mol. The number of nitrogens with one attached hydrogen (secondary N) is 1. The van der Waals surface area contributed by atoms with Crippen molar-refractivity contribution in [3.8, 4) is 5.75 Å². The van der Waals surface area contributed by atoms with Gasteiger partial charge in [0, 0.05) is 16.4 Å². The third kappa shape index (κ3) is 3.72. The van der Waals surface area contributed by atoms with E-state index in [2.05, 4.69) is 11.4 Å². The van der Waals surface area contributed by atoms with Crippen LogP contribution in [0.25, 0.3) is 0 Å². The van der Waals surface area contributed by atoms with Gasteiger partial charge in [-0.1, -0.05) is 17.7 Å².